The highest BCUT2D eigenvalue weighted by molar-refractivity contribution is 5.71. The first-order valence-electron chi connectivity index (χ1n) is 6.36. The van der Waals surface area contributed by atoms with Crippen molar-refractivity contribution in [1.82, 2.24) is 5.32 Å². The van der Waals surface area contributed by atoms with Crippen LogP contribution < -0.4 is 5.32 Å². The van der Waals surface area contributed by atoms with Crippen LogP contribution in [-0.2, 0) is 9.53 Å². The molecule has 17 heavy (non-hydrogen) atoms. The summed E-state index contributed by atoms with van der Waals surface area (Å²) in [4.78, 5) is 11.1. The molecule has 0 fully saturated rings. The number of aliphatic hydroxyl groups excluding tert-OH is 2. The van der Waals surface area contributed by atoms with Crippen molar-refractivity contribution < 1.29 is 19.7 Å². The van der Waals surface area contributed by atoms with Crippen LogP contribution in [0, 0.1) is 0 Å². The Kier molecular flexibility index (Phi) is 11.4. The van der Waals surface area contributed by atoms with E-state index in [-0.39, 0.29) is 13.2 Å². The van der Waals surface area contributed by atoms with Crippen LogP contribution in [0.1, 0.15) is 39.0 Å². The highest BCUT2D eigenvalue weighted by Crippen LogP contribution is 2.00. The molecule has 5 nitrogen and oxygen atoms in total. The average molecular weight is 247 g/mol. The van der Waals surface area contributed by atoms with Gasteiger partial charge in [0.05, 0.1) is 13.2 Å². The lowest BCUT2D eigenvalue weighted by Crippen LogP contribution is -2.29. The zero-order chi connectivity index (χ0) is 12.9. The van der Waals surface area contributed by atoms with Gasteiger partial charge in [0.2, 0.25) is 0 Å². The number of esters is 1. The van der Waals surface area contributed by atoms with E-state index in [1.54, 1.807) is 0 Å². The van der Waals surface area contributed by atoms with Gasteiger partial charge in [-0.3, -0.25) is 4.79 Å². The molecule has 0 amide bonds. The molecule has 0 spiro atoms. The Morgan fingerprint density at radius 1 is 1.29 bits per heavy atom. The Bertz CT molecular complexity index is 187. The molecule has 0 aromatic rings. The van der Waals surface area contributed by atoms with E-state index in [0.717, 1.165) is 13.0 Å². The topological polar surface area (TPSA) is 78.8 Å². The maximum absolute atomic E-state index is 11.1. The van der Waals surface area contributed by atoms with Gasteiger partial charge in [-0.05, 0) is 13.0 Å². The third-order valence-corrected chi connectivity index (χ3v) is 2.37. The number of hydrogen-bond donors (Lipinski definition) is 3. The molecule has 0 heterocycles. The van der Waals surface area contributed by atoms with Crippen LogP contribution in [0.15, 0.2) is 0 Å². The molecule has 0 aliphatic carbocycles. The summed E-state index contributed by atoms with van der Waals surface area (Å²) in [6, 6.07) is 0. The van der Waals surface area contributed by atoms with Crippen LogP contribution in [0.4, 0.5) is 0 Å². The third-order valence-electron chi connectivity index (χ3n) is 2.37. The van der Waals surface area contributed by atoms with Crippen molar-refractivity contribution in [2.45, 2.75) is 45.1 Å². The van der Waals surface area contributed by atoms with Gasteiger partial charge in [-0.25, -0.2) is 0 Å². The van der Waals surface area contributed by atoms with Gasteiger partial charge < -0.3 is 20.3 Å². The lowest BCUT2D eigenvalue weighted by Gasteiger charge is -2.09. The minimum atomic E-state index is -0.979. The van der Waals surface area contributed by atoms with E-state index in [1.807, 2.05) is 0 Å². The van der Waals surface area contributed by atoms with Gasteiger partial charge in [0.15, 0.2) is 0 Å². The second kappa shape index (κ2) is 11.8. The monoisotopic (exact) mass is 247 g/mol. The van der Waals surface area contributed by atoms with E-state index in [2.05, 4.69) is 12.2 Å². The standard InChI is InChI=1S/C12H25NO4/c1-2-3-4-5-6-7-13-8-12(16)17-10-11(15)9-14/h11,13-15H,2-10H2,1H3. The molecule has 0 rings (SSSR count). The fourth-order valence-electron chi connectivity index (χ4n) is 1.34. The first-order chi connectivity index (χ1) is 8.20. The highest BCUT2D eigenvalue weighted by atomic mass is 16.5. The highest BCUT2D eigenvalue weighted by Gasteiger charge is 2.06. The molecular formula is C12H25NO4. The number of nitrogens with one attached hydrogen (secondary N) is 1. The van der Waals surface area contributed by atoms with Crippen LogP contribution in [0.3, 0.4) is 0 Å². The van der Waals surface area contributed by atoms with E-state index in [0.29, 0.717) is 0 Å². The number of hydrogen-bond acceptors (Lipinski definition) is 5. The number of carbonyl (C=O) groups excluding carboxylic acids is 1. The molecule has 5 heteroatoms. The Labute approximate surface area is 103 Å². The summed E-state index contributed by atoms with van der Waals surface area (Å²) in [6.07, 6.45) is 5.00. The second-order valence-electron chi connectivity index (χ2n) is 4.11. The van der Waals surface area contributed by atoms with Crippen LogP contribution in [-0.4, -0.2) is 48.6 Å². The van der Waals surface area contributed by atoms with Crippen LogP contribution in [0.5, 0.6) is 0 Å². The molecule has 1 unspecified atom stereocenters. The summed E-state index contributed by atoms with van der Waals surface area (Å²) < 4.78 is 4.73. The number of unbranched alkanes of at least 4 members (excludes halogenated alkanes) is 4. The van der Waals surface area contributed by atoms with E-state index in [1.165, 1.54) is 25.7 Å². The summed E-state index contributed by atoms with van der Waals surface area (Å²) in [7, 11) is 0. The van der Waals surface area contributed by atoms with Crippen LogP contribution >= 0.6 is 0 Å². The lowest BCUT2D eigenvalue weighted by atomic mass is 10.1. The molecule has 102 valence electrons. The van der Waals surface area contributed by atoms with Crippen molar-refractivity contribution in [1.29, 1.82) is 0 Å². The molecule has 0 bridgehead atoms. The predicted molar refractivity (Wildman–Crippen MR) is 65.7 cm³/mol. The van der Waals surface area contributed by atoms with Crippen LogP contribution in [0.25, 0.3) is 0 Å². The normalized spacial score (nSPS) is 12.4. The molecule has 1 atom stereocenters. The van der Waals surface area contributed by atoms with E-state index in [4.69, 9.17) is 14.9 Å². The van der Waals surface area contributed by atoms with Gasteiger partial charge in [0.25, 0.3) is 0 Å². The first kappa shape index (κ1) is 16.4. The van der Waals surface area contributed by atoms with E-state index in [9.17, 15) is 4.79 Å². The van der Waals surface area contributed by atoms with Crippen molar-refractivity contribution in [3.8, 4) is 0 Å². The van der Waals surface area contributed by atoms with Crippen molar-refractivity contribution in [2.24, 2.45) is 0 Å². The number of aliphatic hydroxyl groups is 2. The van der Waals surface area contributed by atoms with Gasteiger partial charge in [-0.1, -0.05) is 32.6 Å². The fraction of sp³-hybridized carbons (Fsp3) is 0.917. The second-order valence-corrected chi connectivity index (χ2v) is 4.11. The minimum Gasteiger partial charge on any atom is -0.462 e. The van der Waals surface area contributed by atoms with Crippen molar-refractivity contribution in [3.63, 3.8) is 0 Å². The maximum Gasteiger partial charge on any atom is 0.320 e. The van der Waals surface area contributed by atoms with E-state index >= 15 is 0 Å². The minimum absolute atomic E-state index is 0.145. The van der Waals surface area contributed by atoms with Gasteiger partial charge >= 0.3 is 5.97 Å². The fourth-order valence-corrected chi connectivity index (χ4v) is 1.34. The number of ether oxygens (including phenoxy) is 1. The molecule has 0 aromatic carbocycles. The van der Waals surface area contributed by atoms with Crippen molar-refractivity contribution >= 4 is 5.97 Å². The zero-order valence-corrected chi connectivity index (χ0v) is 10.7. The summed E-state index contributed by atoms with van der Waals surface area (Å²) >= 11 is 0. The SMILES string of the molecule is CCCCCCCNCC(=O)OCC(O)CO. The van der Waals surface area contributed by atoms with Gasteiger partial charge in [0, 0.05) is 0 Å². The third kappa shape index (κ3) is 11.6. The predicted octanol–water partition coefficient (Wildman–Crippen LogP) is 0.443. The molecule has 0 saturated carbocycles. The molecule has 0 aliphatic heterocycles. The summed E-state index contributed by atoms with van der Waals surface area (Å²) in [5.41, 5.74) is 0. The number of rotatable bonds is 11. The average Bonchev–Trinajstić information content (AvgIpc) is 2.34. The largest absolute Gasteiger partial charge is 0.462 e. The van der Waals surface area contributed by atoms with Crippen LogP contribution in [0.2, 0.25) is 0 Å². The smallest absolute Gasteiger partial charge is 0.320 e. The zero-order valence-electron chi connectivity index (χ0n) is 10.7. The first-order valence-corrected chi connectivity index (χ1v) is 6.36. The van der Waals surface area contributed by atoms with Crippen molar-refractivity contribution in [2.75, 3.05) is 26.3 Å². The summed E-state index contributed by atoms with van der Waals surface area (Å²) in [5, 5.41) is 20.4. The summed E-state index contributed by atoms with van der Waals surface area (Å²) in [5.74, 6) is -0.397. The number of carbonyl (C=O) groups is 1. The van der Waals surface area contributed by atoms with Gasteiger partial charge in [0.1, 0.15) is 12.7 Å². The molecule has 0 radical (unpaired) electrons. The Morgan fingerprint density at radius 3 is 2.65 bits per heavy atom. The Morgan fingerprint density at radius 2 is 2.00 bits per heavy atom. The molecular weight excluding hydrogens is 222 g/mol. The van der Waals surface area contributed by atoms with E-state index < -0.39 is 18.7 Å². The maximum atomic E-state index is 11.1. The van der Waals surface area contributed by atoms with Crippen molar-refractivity contribution in [3.05, 3.63) is 0 Å². The quantitative estimate of drug-likeness (QED) is 0.365. The Hall–Kier alpha value is -0.650. The summed E-state index contributed by atoms with van der Waals surface area (Å²) in [6.45, 7) is 2.61. The van der Waals surface area contributed by atoms with Gasteiger partial charge in [-0.15, -0.1) is 0 Å². The molecule has 0 aromatic heterocycles. The lowest BCUT2D eigenvalue weighted by molar-refractivity contribution is -0.146. The Balaban J connectivity index is 3.22. The molecule has 3 N–H and O–H groups in total. The van der Waals surface area contributed by atoms with Gasteiger partial charge in [-0.2, -0.15) is 0 Å². The molecule has 0 aliphatic rings. The molecule has 0 saturated heterocycles.